The Kier molecular flexibility index (Phi) is 5.31. The maximum atomic E-state index is 8.82. The minimum absolute atomic E-state index is 0.00689. The summed E-state index contributed by atoms with van der Waals surface area (Å²) in [5, 5.41) is 8.82. The van der Waals surface area contributed by atoms with Crippen LogP contribution in [-0.4, -0.2) is 20.2 Å². The van der Waals surface area contributed by atoms with Gasteiger partial charge < -0.3 is 15.4 Å². The number of hydrogen-bond donors (Lipinski definition) is 1. The second-order valence-electron chi connectivity index (χ2n) is 4.48. The molecule has 0 aliphatic carbocycles. The van der Waals surface area contributed by atoms with E-state index in [4.69, 9.17) is 15.7 Å². The third kappa shape index (κ3) is 3.85. The van der Waals surface area contributed by atoms with E-state index in [1.807, 2.05) is 37.1 Å². The van der Waals surface area contributed by atoms with Crippen LogP contribution in [0.1, 0.15) is 20.3 Å². The van der Waals surface area contributed by atoms with Crippen LogP contribution in [0, 0.1) is 17.2 Å². The fraction of sp³-hybridized carbons (Fsp3) is 0.500. The molecule has 0 saturated carbocycles. The Morgan fingerprint density at radius 2 is 2.22 bits per heavy atom. The number of nitrogen functional groups attached to an aromatic ring is 1. The monoisotopic (exact) mass is 247 g/mol. The van der Waals surface area contributed by atoms with Crippen LogP contribution in [0.4, 0.5) is 11.4 Å². The van der Waals surface area contributed by atoms with Crippen LogP contribution in [0.25, 0.3) is 0 Å². The largest absolute Gasteiger partial charge is 0.491 e. The van der Waals surface area contributed by atoms with Gasteiger partial charge in [-0.25, -0.2) is 0 Å². The zero-order valence-electron chi connectivity index (χ0n) is 11.3. The van der Waals surface area contributed by atoms with Gasteiger partial charge in [-0.05, 0) is 25.5 Å². The van der Waals surface area contributed by atoms with Crippen molar-refractivity contribution in [3.63, 3.8) is 0 Å². The minimum atomic E-state index is -0.00689. The molecule has 0 amide bonds. The zero-order valence-corrected chi connectivity index (χ0v) is 11.3. The molecule has 4 nitrogen and oxygen atoms in total. The molecule has 0 fully saturated rings. The Balaban J connectivity index is 2.80. The molecule has 2 N–H and O–H groups in total. The van der Waals surface area contributed by atoms with Gasteiger partial charge in [0.2, 0.25) is 0 Å². The zero-order chi connectivity index (χ0) is 13.5. The van der Waals surface area contributed by atoms with E-state index in [0.717, 1.165) is 12.1 Å². The van der Waals surface area contributed by atoms with Crippen LogP contribution in [0.15, 0.2) is 18.2 Å². The molecule has 1 aromatic carbocycles. The number of benzene rings is 1. The Hall–Kier alpha value is -1.89. The molecule has 0 aliphatic rings. The Morgan fingerprint density at radius 3 is 2.83 bits per heavy atom. The Bertz CT molecular complexity index is 426. The molecule has 18 heavy (non-hydrogen) atoms. The van der Waals surface area contributed by atoms with Gasteiger partial charge in [-0.2, -0.15) is 5.26 Å². The summed E-state index contributed by atoms with van der Waals surface area (Å²) in [6.45, 7) is 5.31. The molecule has 1 unspecified atom stereocenters. The highest BCUT2D eigenvalue weighted by molar-refractivity contribution is 5.62. The lowest BCUT2D eigenvalue weighted by atomic mass is 10.2. The molecule has 98 valence electrons. The summed E-state index contributed by atoms with van der Waals surface area (Å²) < 4.78 is 5.59. The third-order valence-electron chi connectivity index (χ3n) is 2.67. The first kappa shape index (κ1) is 14.2. The average Bonchev–Trinajstić information content (AvgIpc) is 2.37. The van der Waals surface area contributed by atoms with E-state index in [0.29, 0.717) is 24.6 Å². The quantitative estimate of drug-likeness (QED) is 0.785. The van der Waals surface area contributed by atoms with Crippen LogP contribution in [0.3, 0.4) is 0 Å². The number of rotatable bonds is 6. The molecule has 0 heterocycles. The lowest BCUT2D eigenvalue weighted by molar-refractivity contribution is 0.319. The van der Waals surface area contributed by atoms with Crippen LogP contribution in [0.5, 0.6) is 5.75 Å². The number of anilines is 2. The van der Waals surface area contributed by atoms with E-state index >= 15 is 0 Å². The number of nitrogens with zero attached hydrogens (tertiary/aromatic N) is 2. The summed E-state index contributed by atoms with van der Waals surface area (Å²) in [4.78, 5) is 2.03. The molecular formula is C14H21N3O. The van der Waals surface area contributed by atoms with Crippen molar-refractivity contribution < 1.29 is 4.74 Å². The summed E-state index contributed by atoms with van der Waals surface area (Å²) in [5.74, 6) is 0.707. The van der Waals surface area contributed by atoms with E-state index in [1.54, 1.807) is 0 Å². The van der Waals surface area contributed by atoms with Crippen molar-refractivity contribution in [3.05, 3.63) is 18.2 Å². The average molecular weight is 247 g/mol. The summed E-state index contributed by atoms with van der Waals surface area (Å²) in [5.41, 5.74) is 7.52. The number of nitriles is 1. The van der Waals surface area contributed by atoms with E-state index in [1.165, 1.54) is 0 Å². The predicted molar refractivity (Wildman–Crippen MR) is 74.7 cm³/mol. The minimum Gasteiger partial charge on any atom is -0.491 e. The van der Waals surface area contributed by atoms with Gasteiger partial charge in [0.25, 0.3) is 0 Å². The van der Waals surface area contributed by atoms with Gasteiger partial charge in [-0.15, -0.1) is 0 Å². The lowest BCUT2D eigenvalue weighted by Crippen LogP contribution is -2.23. The summed E-state index contributed by atoms with van der Waals surface area (Å²) in [6.07, 6.45) is 0.949. The first-order chi connectivity index (χ1) is 8.58. The topological polar surface area (TPSA) is 62.3 Å². The lowest BCUT2D eigenvalue weighted by Gasteiger charge is -2.21. The number of hydrogen-bond acceptors (Lipinski definition) is 4. The van der Waals surface area contributed by atoms with Gasteiger partial charge >= 0.3 is 0 Å². The fourth-order valence-electron chi connectivity index (χ4n) is 1.65. The van der Waals surface area contributed by atoms with E-state index in [2.05, 4.69) is 13.0 Å². The standard InChI is InChI=1S/C14H21N3O/c1-4-7-18-14-8-12(5-6-13(14)16)17(3)10-11(2)9-15/h5-6,8,11H,4,7,10,16H2,1-3H3. The summed E-state index contributed by atoms with van der Waals surface area (Å²) >= 11 is 0. The molecule has 1 aromatic rings. The SMILES string of the molecule is CCCOc1cc(N(C)CC(C)C#N)ccc1N. The smallest absolute Gasteiger partial charge is 0.144 e. The van der Waals surface area contributed by atoms with Crippen molar-refractivity contribution in [2.75, 3.05) is 30.8 Å². The first-order valence-corrected chi connectivity index (χ1v) is 6.21. The second kappa shape index (κ2) is 6.75. The molecule has 0 bridgehead atoms. The third-order valence-corrected chi connectivity index (χ3v) is 2.67. The predicted octanol–water partition coefficient (Wildman–Crippen LogP) is 2.65. The Morgan fingerprint density at radius 1 is 1.50 bits per heavy atom. The Labute approximate surface area is 109 Å². The maximum absolute atomic E-state index is 8.82. The fourth-order valence-corrected chi connectivity index (χ4v) is 1.65. The van der Waals surface area contributed by atoms with Crippen molar-refractivity contribution in [3.8, 4) is 11.8 Å². The molecule has 1 rings (SSSR count). The van der Waals surface area contributed by atoms with Gasteiger partial charge in [0, 0.05) is 25.3 Å². The number of nitrogens with two attached hydrogens (primary N) is 1. The van der Waals surface area contributed by atoms with E-state index < -0.39 is 0 Å². The molecule has 0 aliphatic heterocycles. The molecule has 4 heteroatoms. The molecule has 0 spiro atoms. The molecule has 0 radical (unpaired) electrons. The van der Waals surface area contributed by atoms with Crippen molar-refractivity contribution in [2.24, 2.45) is 5.92 Å². The molecule has 1 atom stereocenters. The van der Waals surface area contributed by atoms with Gasteiger partial charge in [0.15, 0.2) is 0 Å². The van der Waals surface area contributed by atoms with Gasteiger partial charge in [-0.3, -0.25) is 0 Å². The highest BCUT2D eigenvalue weighted by Crippen LogP contribution is 2.27. The van der Waals surface area contributed by atoms with Crippen molar-refractivity contribution >= 4 is 11.4 Å². The summed E-state index contributed by atoms with van der Waals surface area (Å²) in [6, 6.07) is 7.94. The normalized spacial score (nSPS) is 11.7. The second-order valence-corrected chi connectivity index (χ2v) is 4.48. The molecule has 0 aromatic heterocycles. The van der Waals surface area contributed by atoms with Crippen LogP contribution in [-0.2, 0) is 0 Å². The molecular weight excluding hydrogens is 226 g/mol. The van der Waals surface area contributed by atoms with Crippen LogP contribution in [0.2, 0.25) is 0 Å². The highest BCUT2D eigenvalue weighted by Gasteiger charge is 2.09. The van der Waals surface area contributed by atoms with Crippen molar-refractivity contribution in [2.45, 2.75) is 20.3 Å². The van der Waals surface area contributed by atoms with Gasteiger partial charge in [-0.1, -0.05) is 6.92 Å². The van der Waals surface area contributed by atoms with Crippen molar-refractivity contribution in [1.29, 1.82) is 5.26 Å². The van der Waals surface area contributed by atoms with Crippen LogP contribution < -0.4 is 15.4 Å². The first-order valence-electron chi connectivity index (χ1n) is 6.21. The number of ether oxygens (including phenoxy) is 1. The van der Waals surface area contributed by atoms with Crippen molar-refractivity contribution in [1.82, 2.24) is 0 Å². The van der Waals surface area contributed by atoms with E-state index in [9.17, 15) is 0 Å². The van der Waals surface area contributed by atoms with Crippen LogP contribution >= 0.6 is 0 Å². The maximum Gasteiger partial charge on any atom is 0.144 e. The molecule has 0 saturated heterocycles. The highest BCUT2D eigenvalue weighted by atomic mass is 16.5. The summed E-state index contributed by atoms with van der Waals surface area (Å²) in [7, 11) is 1.96. The van der Waals surface area contributed by atoms with Gasteiger partial charge in [0.1, 0.15) is 5.75 Å². The van der Waals surface area contributed by atoms with Gasteiger partial charge in [0.05, 0.1) is 24.3 Å². The van der Waals surface area contributed by atoms with E-state index in [-0.39, 0.29) is 5.92 Å².